The van der Waals surface area contributed by atoms with E-state index >= 15 is 0 Å². The minimum atomic E-state index is -1.14. The van der Waals surface area contributed by atoms with Gasteiger partial charge in [0, 0.05) is 12.0 Å². The molecule has 7 heteroatoms. The lowest BCUT2D eigenvalue weighted by Gasteiger charge is -2.21. The first-order valence-electron chi connectivity index (χ1n) is 9.95. The van der Waals surface area contributed by atoms with Crippen molar-refractivity contribution in [1.82, 2.24) is 10.6 Å². The van der Waals surface area contributed by atoms with Gasteiger partial charge >= 0.3 is 5.97 Å². The Kier molecular flexibility index (Phi) is 7.67. The smallest absolute Gasteiger partial charge is 0.326 e. The summed E-state index contributed by atoms with van der Waals surface area (Å²) in [5, 5.41) is 16.6. The Morgan fingerprint density at radius 1 is 0.839 bits per heavy atom. The van der Waals surface area contributed by atoms with Gasteiger partial charge in [0.2, 0.25) is 5.91 Å². The highest BCUT2D eigenvalue weighted by atomic mass is 32.1. The third-order valence-electron chi connectivity index (χ3n) is 4.95. The number of amides is 2. The highest BCUT2D eigenvalue weighted by molar-refractivity contribution is 7.80. The van der Waals surface area contributed by atoms with Crippen molar-refractivity contribution in [1.29, 1.82) is 0 Å². The zero-order valence-electron chi connectivity index (χ0n) is 16.8. The van der Waals surface area contributed by atoms with Crippen molar-refractivity contribution < 1.29 is 19.5 Å². The molecular weight excluding hydrogens is 412 g/mol. The van der Waals surface area contributed by atoms with E-state index in [9.17, 15) is 19.5 Å². The largest absolute Gasteiger partial charge is 0.480 e. The molecule has 0 aromatic heterocycles. The molecule has 0 aliphatic rings. The van der Waals surface area contributed by atoms with Gasteiger partial charge in [0.25, 0.3) is 5.91 Å². The fourth-order valence-corrected chi connectivity index (χ4v) is 3.55. The van der Waals surface area contributed by atoms with Gasteiger partial charge in [0.05, 0.1) is 0 Å². The number of rotatable bonds is 9. The molecule has 31 heavy (non-hydrogen) atoms. The number of hydrogen-bond donors (Lipinski definition) is 4. The second kappa shape index (κ2) is 10.6. The molecule has 0 heterocycles. The Bertz CT molecular complexity index is 1070. The van der Waals surface area contributed by atoms with E-state index in [0.29, 0.717) is 11.3 Å². The predicted molar refractivity (Wildman–Crippen MR) is 123 cm³/mol. The number of thiol groups is 1. The monoisotopic (exact) mass is 436 g/mol. The van der Waals surface area contributed by atoms with Crippen molar-refractivity contribution >= 4 is 41.2 Å². The summed E-state index contributed by atoms with van der Waals surface area (Å²) < 4.78 is 0. The molecule has 0 radical (unpaired) electrons. The Morgan fingerprint density at radius 3 is 2.19 bits per heavy atom. The first-order valence-corrected chi connectivity index (χ1v) is 10.6. The standard InChI is InChI=1S/C24H24N2O4S/c27-22(19-11-10-17-8-4-5-9-18(17)15-19)26-21(14-16-6-2-1-3-7-16)23(28)25-20(12-13-31)24(29)30/h1-11,15,20-21,31H,12-14H2,(H,25,28)(H,26,27)(H,29,30)/t20-,21-/m0/s1. The van der Waals surface area contributed by atoms with Crippen molar-refractivity contribution in [2.75, 3.05) is 5.75 Å². The first-order chi connectivity index (χ1) is 15.0. The van der Waals surface area contributed by atoms with Crippen molar-refractivity contribution in [3.63, 3.8) is 0 Å². The van der Waals surface area contributed by atoms with Crippen molar-refractivity contribution in [2.24, 2.45) is 0 Å². The quantitative estimate of drug-likeness (QED) is 0.388. The Labute approximate surface area is 186 Å². The highest BCUT2D eigenvalue weighted by Crippen LogP contribution is 2.16. The molecule has 0 saturated heterocycles. The van der Waals surface area contributed by atoms with Crippen LogP contribution < -0.4 is 10.6 Å². The van der Waals surface area contributed by atoms with Crippen LogP contribution in [0.4, 0.5) is 0 Å². The predicted octanol–water partition coefficient (Wildman–Crippen LogP) is 3.07. The molecule has 3 aromatic rings. The van der Waals surface area contributed by atoms with Crippen LogP contribution in [0.1, 0.15) is 22.3 Å². The van der Waals surface area contributed by atoms with E-state index in [1.165, 1.54) is 0 Å². The van der Waals surface area contributed by atoms with E-state index in [2.05, 4.69) is 23.3 Å². The molecule has 0 aliphatic heterocycles. The van der Waals surface area contributed by atoms with Crippen LogP contribution in [-0.2, 0) is 16.0 Å². The average Bonchev–Trinajstić information content (AvgIpc) is 2.78. The zero-order valence-corrected chi connectivity index (χ0v) is 17.7. The van der Waals surface area contributed by atoms with Gasteiger partial charge in [-0.3, -0.25) is 9.59 Å². The summed E-state index contributed by atoms with van der Waals surface area (Å²) in [6.45, 7) is 0. The summed E-state index contributed by atoms with van der Waals surface area (Å²) in [5.41, 5.74) is 1.28. The molecule has 0 saturated carbocycles. The second-order valence-electron chi connectivity index (χ2n) is 7.19. The molecule has 0 unspecified atom stereocenters. The van der Waals surface area contributed by atoms with Crippen LogP contribution in [0.2, 0.25) is 0 Å². The second-order valence-corrected chi connectivity index (χ2v) is 7.64. The number of carboxylic acids is 1. The van der Waals surface area contributed by atoms with Crippen molar-refractivity contribution in [3.8, 4) is 0 Å². The number of carbonyl (C=O) groups is 3. The van der Waals surface area contributed by atoms with Gasteiger partial charge in [-0.2, -0.15) is 12.6 Å². The highest BCUT2D eigenvalue weighted by Gasteiger charge is 2.26. The van der Waals surface area contributed by atoms with Crippen LogP contribution >= 0.6 is 12.6 Å². The summed E-state index contributed by atoms with van der Waals surface area (Å²) in [7, 11) is 0. The van der Waals surface area contributed by atoms with Crippen LogP contribution in [0.3, 0.4) is 0 Å². The summed E-state index contributed by atoms with van der Waals surface area (Å²) in [5.74, 6) is -1.78. The van der Waals surface area contributed by atoms with E-state index in [1.54, 1.807) is 12.1 Å². The maximum atomic E-state index is 12.9. The van der Waals surface area contributed by atoms with E-state index in [1.807, 2.05) is 60.7 Å². The molecule has 0 aliphatic carbocycles. The van der Waals surface area contributed by atoms with Gasteiger partial charge < -0.3 is 15.7 Å². The molecule has 6 nitrogen and oxygen atoms in total. The fraction of sp³-hybridized carbons (Fsp3) is 0.208. The molecule has 160 valence electrons. The van der Waals surface area contributed by atoms with Gasteiger partial charge in [-0.1, -0.05) is 60.7 Å². The molecule has 3 rings (SSSR count). The number of carboxylic acid groups (broad SMARTS) is 1. The van der Waals surface area contributed by atoms with Gasteiger partial charge in [0.15, 0.2) is 0 Å². The zero-order chi connectivity index (χ0) is 22.2. The Balaban J connectivity index is 1.81. The fourth-order valence-electron chi connectivity index (χ4n) is 3.29. The molecule has 0 bridgehead atoms. The summed E-state index contributed by atoms with van der Waals surface area (Å²) >= 11 is 4.06. The van der Waals surface area contributed by atoms with Crippen molar-refractivity contribution in [2.45, 2.75) is 24.9 Å². The Hall–Kier alpha value is -3.32. The number of fused-ring (bicyclic) bond motifs is 1. The maximum Gasteiger partial charge on any atom is 0.326 e. The number of hydrogen-bond acceptors (Lipinski definition) is 4. The van der Waals surface area contributed by atoms with Gasteiger partial charge in [0.1, 0.15) is 12.1 Å². The van der Waals surface area contributed by atoms with E-state index in [4.69, 9.17) is 0 Å². The Morgan fingerprint density at radius 2 is 1.52 bits per heavy atom. The molecule has 2 amide bonds. The lowest BCUT2D eigenvalue weighted by atomic mass is 10.0. The molecule has 3 aromatic carbocycles. The summed E-state index contributed by atoms with van der Waals surface area (Å²) in [6, 6.07) is 20.3. The minimum absolute atomic E-state index is 0.181. The van der Waals surface area contributed by atoms with Gasteiger partial charge in [-0.15, -0.1) is 0 Å². The SMILES string of the molecule is O=C(N[C@@H](Cc1ccccc1)C(=O)N[C@@H](CCS)C(=O)O)c1ccc2ccccc2c1. The number of nitrogens with one attached hydrogen (secondary N) is 2. The molecule has 0 fully saturated rings. The topological polar surface area (TPSA) is 95.5 Å². The van der Waals surface area contributed by atoms with E-state index in [-0.39, 0.29) is 12.8 Å². The lowest BCUT2D eigenvalue weighted by molar-refractivity contribution is -0.142. The number of benzene rings is 3. The van der Waals surface area contributed by atoms with E-state index < -0.39 is 29.9 Å². The lowest BCUT2D eigenvalue weighted by Crippen LogP contribution is -2.52. The van der Waals surface area contributed by atoms with Gasteiger partial charge in [-0.25, -0.2) is 4.79 Å². The molecule has 3 N–H and O–H groups in total. The molecule has 2 atom stereocenters. The van der Waals surface area contributed by atoms with E-state index in [0.717, 1.165) is 16.3 Å². The van der Waals surface area contributed by atoms with Gasteiger partial charge in [-0.05, 0) is 40.6 Å². The van der Waals surface area contributed by atoms with Crippen molar-refractivity contribution in [3.05, 3.63) is 83.9 Å². The molecule has 0 spiro atoms. The number of carbonyl (C=O) groups excluding carboxylic acids is 2. The van der Waals surface area contributed by atoms with Crippen LogP contribution in [-0.4, -0.2) is 40.7 Å². The summed E-state index contributed by atoms with van der Waals surface area (Å²) in [4.78, 5) is 37.3. The third kappa shape index (κ3) is 6.08. The van der Waals surface area contributed by atoms with Crippen LogP contribution in [0, 0.1) is 0 Å². The first kappa shape index (κ1) is 22.4. The maximum absolute atomic E-state index is 12.9. The third-order valence-corrected chi connectivity index (χ3v) is 5.21. The molecular formula is C24H24N2O4S. The summed E-state index contributed by atoms with van der Waals surface area (Å²) in [6.07, 6.45) is 0.417. The van der Waals surface area contributed by atoms with Crippen LogP contribution in [0.5, 0.6) is 0 Å². The minimum Gasteiger partial charge on any atom is -0.480 e. The normalized spacial score (nSPS) is 12.7. The average molecular weight is 437 g/mol. The van der Waals surface area contributed by atoms with Crippen LogP contribution in [0.25, 0.3) is 10.8 Å². The number of aliphatic carboxylic acids is 1. The van der Waals surface area contributed by atoms with Crippen LogP contribution in [0.15, 0.2) is 72.8 Å².